The maximum absolute atomic E-state index is 13.2. The fraction of sp³-hybridized carbons (Fsp3) is 0.250. The van der Waals surface area contributed by atoms with Crippen LogP contribution in [0, 0.1) is 11.6 Å². The van der Waals surface area contributed by atoms with Crippen molar-refractivity contribution in [1.82, 2.24) is 5.32 Å². The summed E-state index contributed by atoms with van der Waals surface area (Å²) in [5.74, 6) is -1.62. The molecular weight excluding hydrogens is 276 g/mol. The molecule has 0 aromatic heterocycles. The molecule has 1 atom stereocenters. The molecule has 0 fully saturated rings. The smallest absolute Gasteiger partial charge is 0.159 e. The van der Waals surface area contributed by atoms with E-state index in [0.717, 1.165) is 17.2 Å². The maximum atomic E-state index is 13.2. The van der Waals surface area contributed by atoms with Crippen molar-refractivity contribution in [2.75, 3.05) is 6.26 Å². The molecule has 0 aliphatic rings. The number of hydrogen-bond donors (Lipinski definition) is 1. The second kappa shape index (κ2) is 6.86. The molecular formula is C16H17F2NS. The summed E-state index contributed by atoms with van der Waals surface area (Å²) >= 11 is 1.70. The summed E-state index contributed by atoms with van der Waals surface area (Å²) in [6, 6.07) is 12.2. The minimum atomic E-state index is -0.811. The predicted molar refractivity (Wildman–Crippen MR) is 79.8 cm³/mol. The number of hydrogen-bond acceptors (Lipinski definition) is 2. The van der Waals surface area contributed by atoms with E-state index in [4.69, 9.17) is 0 Å². The topological polar surface area (TPSA) is 12.0 Å². The fourth-order valence-corrected chi connectivity index (χ4v) is 2.32. The Labute approximate surface area is 122 Å². The van der Waals surface area contributed by atoms with Crippen molar-refractivity contribution in [1.29, 1.82) is 0 Å². The van der Waals surface area contributed by atoms with Crippen molar-refractivity contribution in [2.24, 2.45) is 0 Å². The molecule has 0 saturated heterocycles. The van der Waals surface area contributed by atoms with E-state index < -0.39 is 11.6 Å². The van der Waals surface area contributed by atoms with Crippen molar-refractivity contribution in [3.05, 3.63) is 65.2 Å². The zero-order chi connectivity index (χ0) is 14.5. The molecule has 0 aliphatic carbocycles. The van der Waals surface area contributed by atoms with Gasteiger partial charge in [-0.3, -0.25) is 0 Å². The largest absolute Gasteiger partial charge is 0.306 e. The number of benzene rings is 2. The average molecular weight is 293 g/mol. The minimum Gasteiger partial charge on any atom is -0.306 e. The zero-order valence-electron chi connectivity index (χ0n) is 11.5. The Hall–Kier alpha value is -1.39. The van der Waals surface area contributed by atoms with Crippen LogP contribution >= 0.6 is 11.8 Å². The molecule has 2 rings (SSSR count). The van der Waals surface area contributed by atoms with Gasteiger partial charge in [0, 0.05) is 17.5 Å². The lowest BCUT2D eigenvalue weighted by Crippen LogP contribution is -2.18. The van der Waals surface area contributed by atoms with Crippen molar-refractivity contribution >= 4 is 11.8 Å². The summed E-state index contributed by atoms with van der Waals surface area (Å²) in [7, 11) is 0. The van der Waals surface area contributed by atoms with Gasteiger partial charge in [-0.15, -0.1) is 11.8 Å². The highest BCUT2D eigenvalue weighted by atomic mass is 32.2. The summed E-state index contributed by atoms with van der Waals surface area (Å²) in [5.41, 5.74) is 1.90. The van der Waals surface area contributed by atoms with Crippen LogP contribution in [0.5, 0.6) is 0 Å². The van der Waals surface area contributed by atoms with Crippen LogP contribution in [0.25, 0.3) is 0 Å². The number of rotatable bonds is 5. The molecule has 0 saturated carbocycles. The molecule has 1 N–H and O–H groups in total. The first-order valence-corrected chi connectivity index (χ1v) is 7.64. The van der Waals surface area contributed by atoms with Gasteiger partial charge >= 0.3 is 0 Å². The van der Waals surface area contributed by atoms with Crippen LogP contribution in [0.1, 0.15) is 24.1 Å². The Balaban J connectivity index is 1.96. The van der Waals surface area contributed by atoms with E-state index in [2.05, 4.69) is 29.6 Å². The van der Waals surface area contributed by atoms with Gasteiger partial charge in [-0.05, 0) is 48.6 Å². The Bertz CT molecular complexity index is 569. The summed E-state index contributed by atoms with van der Waals surface area (Å²) < 4.78 is 26.1. The van der Waals surface area contributed by atoms with Gasteiger partial charge in [0.05, 0.1) is 0 Å². The Morgan fingerprint density at radius 1 is 1.05 bits per heavy atom. The van der Waals surface area contributed by atoms with Gasteiger partial charge in [-0.1, -0.05) is 18.2 Å². The third-order valence-corrected chi connectivity index (χ3v) is 3.96. The van der Waals surface area contributed by atoms with Crippen molar-refractivity contribution in [3.63, 3.8) is 0 Å². The SMILES string of the molecule is CSc1ccc(CNC(C)c2ccc(F)c(F)c2)cc1. The first kappa shape index (κ1) is 15.0. The lowest BCUT2D eigenvalue weighted by Gasteiger charge is -2.14. The van der Waals surface area contributed by atoms with E-state index in [1.807, 2.05) is 13.2 Å². The third-order valence-electron chi connectivity index (χ3n) is 3.22. The minimum absolute atomic E-state index is 0.0367. The summed E-state index contributed by atoms with van der Waals surface area (Å²) in [6.45, 7) is 2.62. The summed E-state index contributed by atoms with van der Waals surface area (Å²) in [5, 5.41) is 3.30. The van der Waals surface area contributed by atoms with Crippen molar-refractivity contribution in [2.45, 2.75) is 24.4 Å². The van der Waals surface area contributed by atoms with E-state index in [-0.39, 0.29) is 6.04 Å². The molecule has 2 aromatic rings. The molecule has 0 amide bonds. The van der Waals surface area contributed by atoms with Crippen LogP contribution in [-0.4, -0.2) is 6.26 Å². The Morgan fingerprint density at radius 2 is 1.75 bits per heavy atom. The van der Waals surface area contributed by atoms with Crippen LogP contribution in [0.4, 0.5) is 8.78 Å². The molecule has 0 aliphatic heterocycles. The Kier molecular flexibility index (Phi) is 5.15. The van der Waals surface area contributed by atoms with E-state index in [1.165, 1.54) is 11.0 Å². The highest BCUT2D eigenvalue weighted by Crippen LogP contribution is 2.18. The van der Waals surface area contributed by atoms with E-state index in [0.29, 0.717) is 6.54 Å². The first-order chi connectivity index (χ1) is 9.60. The molecule has 2 aromatic carbocycles. The van der Waals surface area contributed by atoms with Crippen molar-refractivity contribution in [3.8, 4) is 0 Å². The first-order valence-electron chi connectivity index (χ1n) is 6.41. The monoisotopic (exact) mass is 293 g/mol. The molecule has 1 unspecified atom stereocenters. The van der Waals surface area contributed by atoms with E-state index >= 15 is 0 Å². The molecule has 0 radical (unpaired) electrons. The molecule has 0 bridgehead atoms. The normalized spacial score (nSPS) is 12.4. The maximum Gasteiger partial charge on any atom is 0.159 e. The molecule has 0 spiro atoms. The zero-order valence-corrected chi connectivity index (χ0v) is 12.3. The molecule has 106 valence electrons. The van der Waals surface area contributed by atoms with Crippen molar-refractivity contribution < 1.29 is 8.78 Å². The second-order valence-electron chi connectivity index (χ2n) is 4.62. The number of halogens is 2. The van der Waals surface area contributed by atoms with Gasteiger partial charge in [0.25, 0.3) is 0 Å². The molecule has 20 heavy (non-hydrogen) atoms. The van der Waals surface area contributed by atoms with Gasteiger partial charge in [0.1, 0.15) is 0 Å². The van der Waals surface area contributed by atoms with Crippen LogP contribution in [0.2, 0.25) is 0 Å². The van der Waals surface area contributed by atoms with E-state index in [1.54, 1.807) is 17.8 Å². The van der Waals surface area contributed by atoms with Gasteiger partial charge < -0.3 is 5.32 Å². The molecule has 1 nitrogen and oxygen atoms in total. The van der Waals surface area contributed by atoms with E-state index in [9.17, 15) is 8.78 Å². The van der Waals surface area contributed by atoms with Crippen LogP contribution in [-0.2, 0) is 6.54 Å². The quantitative estimate of drug-likeness (QED) is 0.812. The van der Waals surface area contributed by atoms with Crippen LogP contribution in [0.3, 0.4) is 0 Å². The standard InChI is InChI=1S/C16H17F2NS/c1-11(13-5-8-15(17)16(18)9-13)19-10-12-3-6-14(20-2)7-4-12/h3-9,11,19H,10H2,1-2H3. The van der Waals surface area contributed by atoms with Gasteiger partial charge in [-0.25, -0.2) is 8.78 Å². The molecule has 4 heteroatoms. The highest BCUT2D eigenvalue weighted by Gasteiger charge is 2.08. The average Bonchev–Trinajstić information content (AvgIpc) is 2.48. The Morgan fingerprint density at radius 3 is 2.35 bits per heavy atom. The second-order valence-corrected chi connectivity index (χ2v) is 5.50. The number of nitrogens with one attached hydrogen (secondary N) is 1. The lowest BCUT2D eigenvalue weighted by atomic mass is 10.1. The summed E-state index contributed by atoms with van der Waals surface area (Å²) in [4.78, 5) is 1.22. The fourth-order valence-electron chi connectivity index (χ4n) is 1.91. The van der Waals surface area contributed by atoms with Gasteiger partial charge in [0.2, 0.25) is 0 Å². The molecule has 0 heterocycles. The highest BCUT2D eigenvalue weighted by molar-refractivity contribution is 7.98. The van der Waals surface area contributed by atoms with Crippen LogP contribution in [0.15, 0.2) is 47.4 Å². The predicted octanol–water partition coefficient (Wildman–Crippen LogP) is 4.54. The van der Waals surface area contributed by atoms with Gasteiger partial charge in [-0.2, -0.15) is 0 Å². The van der Waals surface area contributed by atoms with Gasteiger partial charge in [0.15, 0.2) is 11.6 Å². The third kappa shape index (κ3) is 3.81. The summed E-state index contributed by atoms with van der Waals surface area (Å²) in [6.07, 6.45) is 2.04. The number of thioether (sulfide) groups is 1. The lowest BCUT2D eigenvalue weighted by molar-refractivity contribution is 0.500. The van der Waals surface area contributed by atoms with Crippen LogP contribution < -0.4 is 5.32 Å².